The first kappa shape index (κ1) is 19.0. The Morgan fingerprint density at radius 3 is 2.86 bits per heavy atom. The molecule has 0 spiro atoms. The van der Waals surface area contributed by atoms with Crippen molar-refractivity contribution in [3.63, 3.8) is 0 Å². The summed E-state index contributed by atoms with van der Waals surface area (Å²) >= 11 is 1.54. The highest BCUT2D eigenvalue weighted by Gasteiger charge is 2.30. The van der Waals surface area contributed by atoms with Gasteiger partial charge in [-0.1, -0.05) is 18.2 Å². The molecule has 1 aromatic heterocycles. The molecule has 1 aliphatic carbocycles. The van der Waals surface area contributed by atoms with Crippen LogP contribution in [0.4, 0.5) is 10.7 Å². The fraction of sp³-hybridized carbons (Fsp3) is 0.455. The summed E-state index contributed by atoms with van der Waals surface area (Å²) in [6.45, 7) is 4.56. The molecule has 1 aliphatic heterocycles. The first-order valence-electron chi connectivity index (χ1n) is 10.0. The predicted octanol–water partition coefficient (Wildman–Crippen LogP) is 4.19. The molecule has 0 fully saturated rings. The molecule has 1 N–H and O–H groups in total. The number of carbonyl (C=O) groups excluding carboxylic acids is 2. The molecule has 0 saturated carbocycles. The topological polar surface area (TPSA) is 58.6 Å². The summed E-state index contributed by atoms with van der Waals surface area (Å²) in [5, 5.41) is 3.67. The Bertz CT molecular complexity index is 905. The SMILES string of the molecule is CCOC(=O)c1c(NC(=O)CN2c3ccccc3C[C@H]2C)sc2c1CCCC2. The van der Waals surface area contributed by atoms with Crippen LogP contribution in [0.5, 0.6) is 0 Å². The van der Waals surface area contributed by atoms with E-state index in [4.69, 9.17) is 4.74 Å². The summed E-state index contributed by atoms with van der Waals surface area (Å²) in [6, 6.07) is 8.52. The number of carbonyl (C=O) groups is 2. The Kier molecular flexibility index (Phi) is 5.40. The maximum absolute atomic E-state index is 12.9. The molecule has 2 aromatic rings. The largest absolute Gasteiger partial charge is 0.462 e. The number of hydrogen-bond acceptors (Lipinski definition) is 5. The predicted molar refractivity (Wildman–Crippen MR) is 113 cm³/mol. The fourth-order valence-corrected chi connectivity index (χ4v) is 5.56. The number of thiophene rings is 1. The number of esters is 1. The summed E-state index contributed by atoms with van der Waals surface area (Å²) in [5.41, 5.74) is 4.05. The maximum atomic E-state index is 12.9. The number of nitrogens with one attached hydrogen (secondary N) is 1. The van der Waals surface area contributed by atoms with Gasteiger partial charge in [-0.05, 0) is 63.1 Å². The van der Waals surface area contributed by atoms with Gasteiger partial charge in [0.2, 0.25) is 5.91 Å². The number of fused-ring (bicyclic) bond motifs is 2. The minimum atomic E-state index is -0.322. The Labute approximate surface area is 169 Å². The molecule has 6 heteroatoms. The minimum Gasteiger partial charge on any atom is -0.462 e. The number of aryl methyl sites for hydroxylation is 1. The Hall–Kier alpha value is -2.34. The van der Waals surface area contributed by atoms with E-state index >= 15 is 0 Å². The smallest absolute Gasteiger partial charge is 0.341 e. The van der Waals surface area contributed by atoms with Crippen molar-refractivity contribution >= 4 is 33.9 Å². The van der Waals surface area contributed by atoms with E-state index in [9.17, 15) is 9.59 Å². The molecule has 1 atom stereocenters. The summed E-state index contributed by atoms with van der Waals surface area (Å²) in [5.74, 6) is -0.412. The molecular weight excluding hydrogens is 372 g/mol. The minimum absolute atomic E-state index is 0.0901. The lowest BCUT2D eigenvalue weighted by Crippen LogP contribution is -2.37. The summed E-state index contributed by atoms with van der Waals surface area (Å²) in [6.07, 6.45) is 5.01. The van der Waals surface area contributed by atoms with E-state index in [1.54, 1.807) is 6.92 Å². The molecule has 0 saturated heterocycles. The summed E-state index contributed by atoms with van der Waals surface area (Å²) in [7, 11) is 0. The quantitative estimate of drug-likeness (QED) is 0.767. The van der Waals surface area contributed by atoms with E-state index in [1.807, 2.05) is 12.1 Å². The zero-order valence-corrected chi connectivity index (χ0v) is 17.2. The number of ether oxygens (including phenoxy) is 1. The number of anilines is 2. The van der Waals surface area contributed by atoms with E-state index < -0.39 is 0 Å². The van der Waals surface area contributed by atoms with Crippen LogP contribution in [0.1, 0.15) is 53.1 Å². The molecular formula is C22H26N2O3S. The second-order valence-electron chi connectivity index (χ2n) is 7.49. The summed E-state index contributed by atoms with van der Waals surface area (Å²) in [4.78, 5) is 28.8. The van der Waals surface area contributed by atoms with Gasteiger partial charge in [0.25, 0.3) is 0 Å². The Morgan fingerprint density at radius 2 is 2.04 bits per heavy atom. The Balaban J connectivity index is 1.55. The average Bonchev–Trinajstić information content (AvgIpc) is 3.19. The molecule has 28 heavy (non-hydrogen) atoms. The van der Waals surface area contributed by atoms with Crippen LogP contribution in [-0.2, 0) is 28.8 Å². The van der Waals surface area contributed by atoms with Crippen molar-refractivity contribution in [1.82, 2.24) is 0 Å². The van der Waals surface area contributed by atoms with Gasteiger partial charge in [0, 0.05) is 16.6 Å². The highest BCUT2D eigenvalue weighted by atomic mass is 32.1. The second kappa shape index (κ2) is 7.95. The molecule has 2 aliphatic rings. The maximum Gasteiger partial charge on any atom is 0.341 e. The van der Waals surface area contributed by atoms with Crippen molar-refractivity contribution in [2.45, 2.75) is 52.0 Å². The van der Waals surface area contributed by atoms with Crippen LogP contribution in [-0.4, -0.2) is 31.1 Å². The monoisotopic (exact) mass is 398 g/mol. The lowest BCUT2D eigenvalue weighted by Gasteiger charge is -2.24. The number of amides is 1. The van der Waals surface area contributed by atoms with Crippen LogP contribution in [0.2, 0.25) is 0 Å². The zero-order valence-electron chi connectivity index (χ0n) is 16.4. The van der Waals surface area contributed by atoms with Crippen LogP contribution < -0.4 is 10.2 Å². The number of para-hydroxylation sites is 1. The number of nitrogens with zero attached hydrogens (tertiary/aromatic N) is 1. The van der Waals surface area contributed by atoms with Gasteiger partial charge in [-0.25, -0.2) is 4.79 Å². The van der Waals surface area contributed by atoms with E-state index in [1.165, 1.54) is 21.8 Å². The van der Waals surface area contributed by atoms with Crippen molar-refractivity contribution in [2.75, 3.05) is 23.4 Å². The molecule has 4 rings (SSSR count). The second-order valence-corrected chi connectivity index (χ2v) is 8.60. The standard InChI is InChI=1S/C22H26N2O3S/c1-3-27-22(26)20-16-9-5-7-11-18(16)28-21(20)23-19(25)13-24-14(2)12-15-8-4-6-10-17(15)24/h4,6,8,10,14H,3,5,7,9,11-13H2,1-2H3,(H,23,25)/t14-/m1/s1. The van der Waals surface area contributed by atoms with Crippen molar-refractivity contribution in [3.05, 3.63) is 45.8 Å². The molecule has 148 valence electrons. The molecule has 0 bridgehead atoms. The van der Waals surface area contributed by atoms with Crippen LogP contribution >= 0.6 is 11.3 Å². The number of benzene rings is 1. The van der Waals surface area contributed by atoms with Crippen LogP contribution in [0.25, 0.3) is 0 Å². The lowest BCUT2D eigenvalue weighted by atomic mass is 9.95. The third-order valence-electron chi connectivity index (χ3n) is 5.57. The Morgan fingerprint density at radius 1 is 1.25 bits per heavy atom. The van der Waals surface area contributed by atoms with Gasteiger partial charge in [0.1, 0.15) is 5.00 Å². The number of rotatable bonds is 5. The van der Waals surface area contributed by atoms with Gasteiger partial charge in [0.05, 0.1) is 18.7 Å². The molecule has 1 amide bonds. The van der Waals surface area contributed by atoms with Crippen molar-refractivity contribution < 1.29 is 14.3 Å². The lowest BCUT2D eigenvalue weighted by molar-refractivity contribution is -0.115. The van der Waals surface area contributed by atoms with Crippen LogP contribution in [0, 0.1) is 0 Å². The van der Waals surface area contributed by atoms with E-state index in [2.05, 4.69) is 29.3 Å². The fourth-order valence-electron chi connectivity index (χ4n) is 4.26. The molecule has 1 aromatic carbocycles. The van der Waals surface area contributed by atoms with E-state index in [0.29, 0.717) is 17.2 Å². The van der Waals surface area contributed by atoms with Gasteiger partial charge in [-0.2, -0.15) is 0 Å². The molecule has 2 heterocycles. The highest BCUT2D eigenvalue weighted by molar-refractivity contribution is 7.17. The van der Waals surface area contributed by atoms with Gasteiger partial charge < -0.3 is 15.0 Å². The van der Waals surface area contributed by atoms with Gasteiger partial charge in [-0.15, -0.1) is 11.3 Å². The zero-order chi connectivity index (χ0) is 19.7. The third kappa shape index (κ3) is 3.53. The molecule has 0 radical (unpaired) electrons. The first-order valence-corrected chi connectivity index (χ1v) is 10.9. The van der Waals surface area contributed by atoms with Crippen molar-refractivity contribution in [1.29, 1.82) is 0 Å². The number of hydrogen-bond donors (Lipinski definition) is 1. The third-order valence-corrected chi connectivity index (χ3v) is 6.77. The first-order chi connectivity index (χ1) is 13.6. The van der Waals surface area contributed by atoms with E-state index in [-0.39, 0.29) is 24.5 Å². The van der Waals surface area contributed by atoms with E-state index in [0.717, 1.165) is 43.4 Å². The normalized spacial score (nSPS) is 17.8. The highest BCUT2D eigenvalue weighted by Crippen LogP contribution is 2.39. The van der Waals surface area contributed by atoms with Crippen LogP contribution in [0.15, 0.2) is 24.3 Å². The summed E-state index contributed by atoms with van der Waals surface area (Å²) < 4.78 is 5.28. The average molecular weight is 399 g/mol. The van der Waals surface area contributed by atoms with Gasteiger partial charge >= 0.3 is 5.97 Å². The van der Waals surface area contributed by atoms with Crippen molar-refractivity contribution in [3.8, 4) is 0 Å². The molecule has 5 nitrogen and oxygen atoms in total. The van der Waals surface area contributed by atoms with Gasteiger partial charge in [0.15, 0.2) is 0 Å². The van der Waals surface area contributed by atoms with Crippen molar-refractivity contribution in [2.24, 2.45) is 0 Å². The van der Waals surface area contributed by atoms with Gasteiger partial charge in [-0.3, -0.25) is 4.79 Å². The van der Waals surface area contributed by atoms with Crippen LogP contribution in [0.3, 0.4) is 0 Å². The molecule has 0 unspecified atom stereocenters.